The summed E-state index contributed by atoms with van der Waals surface area (Å²) in [5.41, 5.74) is -1.51. The minimum absolute atomic E-state index is 0.0388. The lowest BCUT2D eigenvalue weighted by Crippen LogP contribution is -2.18. The molecule has 0 aliphatic carbocycles. The molecule has 0 unspecified atom stereocenters. The van der Waals surface area contributed by atoms with E-state index in [-0.39, 0.29) is 11.3 Å². The number of nitrogens with zero attached hydrogens (tertiary/aromatic N) is 2. The van der Waals surface area contributed by atoms with Crippen molar-refractivity contribution in [2.24, 2.45) is 10.2 Å². The van der Waals surface area contributed by atoms with Gasteiger partial charge in [-0.1, -0.05) is 36.4 Å². The highest BCUT2D eigenvalue weighted by atomic mass is 32.3. The number of benzene rings is 4. The average Bonchev–Trinajstić information content (AvgIpc) is 2.95. The number of sulfone groups is 1. The maximum Gasteiger partial charge on any atom is 0.397 e. The van der Waals surface area contributed by atoms with E-state index in [2.05, 4.69) is 19.7 Å². The van der Waals surface area contributed by atoms with Crippen molar-refractivity contribution in [3.8, 4) is 5.75 Å². The fourth-order valence-corrected chi connectivity index (χ4v) is 7.75. The van der Waals surface area contributed by atoms with Gasteiger partial charge in [-0.3, -0.25) is 18.5 Å². The highest BCUT2D eigenvalue weighted by Crippen LogP contribution is 2.48. The van der Waals surface area contributed by atoms with Gasteiger partial charge in [0.15, 0.2) is 9.84 Å². The van der Waals surface area contributed by atoms with Crippen LogP contribution in [0.3, 0.4) is 0 Å². The number of carbonyl (C=O) groups excluding carboxylic acids is 1. The standard InChI is InChI=1S/C25H21N3O14S4/c29-23-20-16(14-19(45(36,37)38)24(23)43(31,32)12-11-42-46(39,40)41)13-18(44(33,34)35)21(28-27-17-9-5-2-6-10-17)22(20)26-25(30)15-7-3-1-4-8-15/h1-10,13-14,29H,11-12H2,(H,26,30)(H,33,34,35)(H,36,37,38)(H,39,40,41). The van der Waals surface area contributed by atoms with Crippen LogP contribution in [0.2, 0.25) is 0 Å². The molecule has 0 spiro atoms. The number of azo groups is 1. The summed E-state index contributed by atoms with van der Waals surface area (Å²) in [5, 5.41) is 20.0. The molecule has 0 fully saturated rings. The fourth-order valence-electron chi connectivity index (χ4n) is 4.11. The molecular formula is C25H21N3O14S4. The van der Waals surface area contributed by atoms with Gasteiger partial charge >= 0.3 is 10.4 Å². The first-order chi connectivity index (χ1) is 21.3. The second kappa shape index (κ2) is 12.8. The van der Waals surface area contributed by atoms with Gasteiger partial charge in [-0.2, -0.15) is 30.4 Å². The molecule has 0 saturated heterocycles. The molecule has 46 heavy (non-hydrogen) atoms. The highest BCUT2D eigenvalue weighted by Gasteiger charge is 2.34. The molecule has 0 saturated carbocycles. The summed E-state index contributed by atoms with van der Waals surface area (Å²) >= 11 is 0. The summed E-state index contributed by atoms with van der Waals surface area (Å²) in [6, 6.07) is 15.7. The summed E-state index contributed by atoms with van der Waals surface area (Å²) in [6.07, 6.45) is 0. The summed E-state index contributed by atoms with van der Waals surface area (Å²) in [5.74, 6) is -3.84. The van der Waals surface area contributed by atoms with E-state index < -0.39 is 101 Å². The number of amides is 1. The Kier molecular flexibility index (Phi) is 9.61. The molecule has 0 atom stereocenters. The van der Waals surface area contributed by atoms with Gasteiger partial charge in [0.1, 0.15) is 26.1 Å². The summed E-state index contributed by atoms with van der Waals surface area (Å²) in [4.78, 5) is 9.18. The molecule has 21 heteroatoms. The number of anilines is 1. The molecule has 1 amide bonds. The second-order valence-electron chi connectivity index (χ2n) is 9.12. The fraction of sp³-hybridized carbons (Fsp3) is 0.0800. The van der Waals surface area contributed by atoms with Crippen LogP contribution in [-0.2, 0) is 44.7 Å². The second-order valence-corrected chi connectivity index (χ2v) is 15.0. The van der Waals surface area contributed by atoms with Crippen molar-refractivity contribution in [3.63, 3.8) is 0 Å². The van der Waals surface area contributed by atoms with Crippen LogP contribution in [0, 0.1) is 0 Å². The number of nitrogens with one attached hydrogen (secondary N) is 1. The Morgan fingerprint density at radius 3 is 1.85 bits per heavy atom. The lowest BCUT2D eigenvalue weighted by atomic mass is 10.0. The SMILES string of the molecule is O=C(Nc1c(N=Nc2ccccc2)c(S(=O)(=O)O)cc2cc(S(=O)(=O)O)c(S(=O)(=O)CCOS(=O)(=O)O)c(O)c12)c1ccccc1. The number of phenols is 1. The van der Waals surface area contributed by atoms with E-state index in [1.54, 1.807) is 24.3 Å². The molecule has 5 N–H and O–H groups in total. The molecule has 0 heterocycles. The lowest BCUT2D eigenvalue weighted by molar-refractivity contribution is 0.102. The number of phenolic OH excluding ortho intramolecular Hbond substituents is 1. The number of fused-ring (bicyclic) bond motifs is 1. The van der Waals surface area contributed by atoms with Gasteiger partial charge < -0.3 is 10.4 Å². The van der Waals surface area contributed by atoms with Crippen molar-refractivity contribution in [1.29, 1.82) is 0 Å². The minimum Gasteiger partial charge on any atom is -0.506 e. The Morgan fingerprint density at radius 1 is 0.761 bits per heavy atom. The third-order valence-corrected chi connectivity index (χ3v) is 10.1. The third-order valence-electron chi connectivity index (χ3n) is 6.01. The topological polar surface area (TPSA) is 281 Å². The minimum atomic E-state index is -5.56. The van der Waals surface area contributed by atoms with Crippen LogP contribution < -0.4 is 5.32 Å². The van der Waals surface area contributed by atoms with Gasteiger partial charge in [0.2, 0.25) is 0 Å². The zero-order valence-corrected chi connectivity index (χ0v) is 26.0. The largest absolute Gasteiger partial charge is 0.506 e. The zero-order valence-electron chi connectivity index (χ0n) is 22.7. The van der Waals surface area contributed by atoms with Crippen LogP contribution in [0.5, 0.6) is 5.75 Å². The van der Waals surface area contributed by atoms with E-state index in [0.717, 1.165) is 0 Å². The Bertz CT molecular complexity index is 2310. The molecule has 4 aromatic rings. The van der Waals surface area contributed by atoms with E-state index in [9.17, 15) is 52.7 Å². The monoisotopic (exact) mass is 715 g/mol. The molecule has 0 radical (unpaired) electrons. The lowest BCUT2D eigenvalue weighted by Gasteiger charge is -2.18. The van der Waals surface area contributed by atoms with Gasteiger partial charge in [-0.05, 0) is 41.8 Å². The summed E-state index contributed by atoms with van der Waals surface area (Å²) < 4.78 is 131. The molecular weight excluding hydrogens is 695 g/mol. The van der Waals surface area contributed by atoms with Crippen LogP contribution >= 0.6 is 0 Å². The van der Waals surface area contributed by atoms with Crippen LogP contribution in [0.25, 0.3) is 10.8 Å². The average molecular weight is 716 g/mol. The van der Waals surface area contributed by atoms with Crippen LogP contribution in [0.4, 0.5) is 17.1 Å². The van der Waals surface area contributed by atoms with Crippen LogP contribution in [0.1, 0.15) is 10.4 Å². The van der Waals surface area contributed by atoms with Crippen molar-refractivity contribution in [2.45, 2.75) is 14.7 Å². The van der Waals surface area contributed by atoms with Crippen LogP contribution in [0.15, 0.2) is 97.7 Å². The van der Waals surface area contributed by atoms with Crippen molar-refractivity contribution in [3.05, 3.63) is 78.4 Å². The van der Waals surface area contributed by atoms with E-state index in [0.29, 0.717) is 12.1 Å². The van der Waals surface area contributed by atoms with Crippen molar-refractivity contribution in [2.75, 3.05) is 17.7 Å². The Hall–Kier alpha value is -4.35. The molecule has 0 aliphatic heterocycles. The van der Waals surface area contributed by atoms with E-state index >= 15 is 0 Å². The van der Waals surface area contributed by atoms with E-state index in [4.69, 9.17) is 4.55 Å². The van der Waals surface area contributed by atoms with Crippen LogP contribution in [-0.4, -0.2) is 70.7 Å². The molecule has 4 rings (SSSR count). The van der Waals surface area contributed by atoms with Crippen molar-refractivity contribution in [1.82, 2.24) is 0 Å². The Balaban J connectivity index is 2.15. The first-order valence-electron chi connectivity index (χ1n) is 12.3. The zero-order chi connectivity index (χ0) is 34.1. The third kappa shape index (κ3) is 7.89. The number of hydrogen-bond acceptors (Lipinski definition) is 13. The molecule has 244 valence electrons. The first-order valence-corrected chi connectivity index (χ1v) is 18.2. The molecule has 17 nitrogen and oxygen atoms in total. The quantitative estimate of drug-likeness (QED) is 0.110. The summed E-state index contributed by atoms with van der Waals surface area (Å²) in [7, 11) is -21.2. The number of hydrogen-bond donors (Lipinski definition) is 5. The van der Waals surface area contributed by atoms with Gasteiger partial charge in [0.05, 0.1) is 29.1 Å². The summed E-state index contributed by atoms with van der Waals surface area (Å²) in [6.45, 7) is -1.28. The van der Waals surface area contributed by atoms with E-state index in [1.807, 2.05) is 0 Å². The number of carbonyl (C=O) groups is 1. The molecule has 4 aromatic carbocycles. The predicted octanol–water partition coefficient (Wildman–Crippen LogP) is 3.30. The van der Waals surface area contributed by atoms with Gasteiger partial charge in [0.25, 0.3) is 26.1 Å². The molecule has 0 aliphatic rings. The maximum absolute atomic E-state index is 13.3. The molecule has 0 aromatic heterocycles. The van der Waals surface area contributed by atoms with Gasteiger partial charge in [-0.15, -0.1) is 5.11 Å². The maximum atomic E-state index is 13.3. The highest BCUT2D eigenvalue weighted by molar-refractivity contribution is 7.93. The van der Waals surface area contributed by atoms with Crippen molar-refractivity contribution < 1.29 is 61.4 Å². The Morgan fingerprint density at radius 2 is 1.30 bits per heavy atom. The number of rotatable bonds is 11. The molecule has 0 bridgehead atoms. The van der Waals surface area contributed by atoms with Gasteiger partial charge in [-0.25, -0.2) is 12.6 Å². The van der Waals surface area contributed by atoms with E-state index in [1.165, 1.54) is 36.4 Å². The predicted molar refractivity (Wildman–Crippen MR) is 160 cm³/mol. The smallest absolute Gasteiger partial charge is 0.397 e. The Labute approximate surface area is 261 Å². The van der Waals surface area contributed by atoms with Crippen molar-refractivity contribution >= 4 is 74.2 Å². The first kappa shape index (κ1) is 34.5. The van der Waals surface area contributed by atoms with Gasteiger partial charge in [0, 0.05) is 5.56 Å². The number of aromatic hydroxyl groups is 1. The normalized spacial score (nSPS) is 12.8.